The molecule has 2 heterocycles. The number of aryl methyl sites for hydroxylation is 1. The van der Waals surface area contributed by atoms with Crippen LogP contribution in [0.3, 0.4) is 0 Å². The molecule has 2 aliphatic rings. The summed E-state index contributed by atoms with van der Waals surface area (Å²) in [6.45, 7) is -2.12. The Morgan fingerprint density at radius 2 is 1.84 bits per heavy atom. The molecule has 7 nitrogen and oxygen atoms in total. The second-order valence-electron chi connectivity index (χ2n) is 8.75. The lowest BCUT2D eigenvalue weighted by molar-refractivity contribution is -0.155. The van der Waals surface area contributed by atoms with Crippen molar-refractivity contribution in [1.82, 2.24) is 10.2 Å². The van der Waals surface area contributed by atoms with E-state index >= 15 is 0 Å². The van der Waals surface area contributed by atoms with Gasteiger partial charge in [-0.05, 0) is 42.2 Å². The van der Waals surface area contributed by atoms with E-state index in [1.165, 1.54) is 18.2 Å². The predicted molar refractivity (Wildman–Crippen MR) is 118 cm³/mol. The average molecular weight is 543 g/mol. The minimum absolute atomic E-state index is 0.131. The number of carbonyl (C=O) groups excluding carboxylic acids is 4. The van der Waals surface area contributed by atoms with Crippen LogP contribution in [0.1, 0.15) is 47.7 Å². The Balaban J connectivity index is 1.47. The molecule has 1 saturated heterocycles. The van der Waals surface area contributed by atoms with Gasteiger partial charge in [0.05, 0.1) is 6.93 Å². The first kappa shape index (κ1) is 25.7. The fraction of sp³-hybridized carbons (Fsp3) is 0.360. The standard InChI is InChI=1S/C25H20F6N2O5/c26-15-3-5-17(19(10-15)38-12-24(27,28)29)25(30,31)20(34)7-2-13-1-4-16-14(9-13)11-33(23(16)37)18-6-8-21(35)32-22(18)36/h1,3-5,9-10,18H,2,6-8,11-12H2,(H,32,35,36)/t18-/m1/s1/i18D. The summed E-state index contributed by atoms with van der Waals surface area (Å²) in [5, 5.41) is 2.03. The molecule has 2 aromatic rings. The van der Waals surface area contributed by atoms with E-state index in [2.05, 4.69) is 4.74 Å². The number of carbonyl (C=O) groups is 4. The van der Waals surface area contributed by atoms with Crippen molar-refractivity contribution >= 4 is 23.5 Å². The van der Waals surface area contributed by atoms with Crippen molar-refractivity contribution in [3.8, 4) is 5.75 Å². The van der Waals surface area contributed by atoms with Crippen molar-refractivity contribution in [2.75, 3.05) is 6.61 Å². The van der Waals surface area contributed by atoms with Gasteiger partial charge in [0.15, 0.2) is 6.61 Å². The highest BCUT2D eigenvalue weighted by atomic mass is 19.4. The SMILES string of the molecule is [2H][C@@]1(N2Cc3cc(CCC(=O)C(F)(F)c4ccc(F)cc4OCC(F)(F)F)ccc3C2=O)CCC(=O)NC1=O. The first-order valence-corrected chi connectivity index (χ1v) is 11.3. The van der Waals surface area contributed by atoms with Gasteiger partial charge in [-0.15, -0.1) is 0 Å². The van der Waals surface area contributed by atoms with Crippen LogP contribution in [0.2, 0.25) is 0 Å². The number of imide groups is 1. The third-order valence-corrected chi connectivity index (χ3v) is 6.07. The van der Waals surface area contributed by atoms with E-state index in [-0.39, 0.29) is 31.4 Å². The molecule has 0 radical (unpaired) electrons. The number of hydrogen-bond acceptors (Lipinski definition) is 5. The Morgan fingerprint density at radius 1 is 1.11 bits per heavy atom. The molecular formula is C25H20F6N2O5. The van der Waals surface area contributed by atoms with Crippen molar-refractivity contribution in [2.45, 2.75) is 50.3 Å². The molecule has 0 aromatic heterocycles. The van der Waals surface area contributed by atoms with Crippen LogP contribution in [0.15, 0.2) is 36.4 Å². The van der Waals surface area contributed by atoms with Gasteiger partial charge in [-0.3, -0.25) is 24.5 Å². The Hall–Kier alpha value is -3.90. The average Bonchev–Trinajstić information content (AvgIpc) is 3.19. The van der Waals surface area contributed by atoms with E-state index in [9.17, 15) is 45.5 Å². The second-order valence-corrected chi connectivity index (χ2v) is 8.75. The van der Waals surface area contributed by atoms with Gasteiger partial charge in [0, 0.05) is 31.0 Å². The molecular weight excluding hydrogens is 522 g/mol. The summed E-state index contributed by atoms with van der Waals surface area (Å²) in [6, 6.07) is 3.62. The van der Waals surface area contributed by atoms with Gasteiger partial charge in [-0.1, -0.05) is 12.1 Å². The number of hydrogen-bond donors (Lipinski definition) is 1. The van der Waals surface area contributed by atoms with Gasteiger partial charge >= 0.3 is 12.1 Å². The number of halogens is 6. The minimum Gasteiger partial charge on any atom is -0.483 e. The zero-order chi connectivity index (χ0) is 28.8. The number of amides is 3. The smallest absolute Gasteiger partial charge is 0.422 e. The van der Waals surface area contributed by atoms with Crippen LogP contribution in [-0.4, -0.2) is 47.2 Å². The van der Waals surface area contributed by atoms with Crippen LogP contribution in [-0.2, 0) is 33.3 Å². The molecule has 0 bridgehead atoms. The van der Waals surface area contributed by atoms with Crippen LogP contribution < -0.4 is 10.1 Å². The van der Waals surface area contributed by atoms with Crippen molar-refractivity contribution in [3.05, 3.63) is 64.5 Å². The van der Waals surface area contributed by atoms with E-state index in [0.29, 0.717) is 29.3 Å². The first-order chi connectivity index (χ1) is 18.1. The summed E-state index contributed by atoms with van der Waals surface area (Å²) in [7, 11) is 0. The Bertz CT molecular complexity index is 1360. The third-order valence-electron chi connectivity index (χ3n) is 6.07. The quantitative estimate of drug-likeness (QED) is 0.404. The molecule has 202 valence electrons. The topological polar surface area (TPSA) is 92.8 Å². The maximum atomic E-state index is 14.9. The number of fused-ring (bicyclic) bond motifs is 1. The van der Waals surface area contributed by atoms with E-state index in [0.717, 1.165) is 4.90 Å². The summed E-state index contributed by atoms with van der Waals surface area (Å²) in [5.74, 6) is -10.3. The Kier molecular flexibility index (Phi) is 6.84. The predicted octanol–water partition coefficient (Wildman–Crippen LogP) is 3.82. The lowest BCUT2D eigenvalue weighted by Gasteiger charge is -2.29. The molecule has 0 spiro atoms. The second kappa shape index (κ2) is 10.1. The molecule has 0 saturated carbocycles. The van der Waals surface area contributed by atoms with Crippen molar-refractivity contribution in [3.63, 3.8) is 0 Å². The fourth-order valence-electron chi connectivity index (χ4n) is 4.21. The lowest BCUT2D eigenvalue weighted by Crippen LogP contribution is -2.52. The molecule has 0 unspecified atom stereocenters. The number of piperidine rings is 1. The van der Waals surface area contributed by atoms with Gasteiger partial charge in [-0.25, -0.2) is 4.39 Å². The summed E-state index contributed by atoms with van der Waals surface area (Å²) < 4.78 is 93.7. The highest BCUT2D eigenvalue weighted by Gasteiger charge is 2.43. The molecule has 13 heteroatoms. The van der Waals surface area contributed by atoms with E-state index in [4.69, 9.17) is 1.37 Å². The maximum Gasteiger partial charge on any atom is 0.422 e. The van der Waals surface area contributed by atoms with Crippen LogP contribution in [0.5, 0.6) is 5.75 Å². The van der Waals surface area contributed by atoms with Crippen LogP contribution in [0.4, 0.5) is 26.3 Å². The van der Waals surface area contributed by atoms with Gasteiger partial charge in [0.1, 0.15) is 17.6 Å². The molecule has 2 aromatic carbocycles. The van der Waals surface area contributed by atoms with Crippen molar-refractivity contribution in [2.24, 2.45) is 0 Å². The van der Waals surface area contributed by atoms with Gasteiger partial charge in [0.25, 0.3) is 5.91 Å². The number of ketones is 1. The van der Waals surface area contributed by atoms with Crippen LogP contribution >= 0.6 is 0 Å². The minimum atomic E-state index is -4.88. The summed E-state index contributed by atoms with van der Waals surface area (Å²) in [4.78, 5) is 50.0. The van der Waals surface area contributed by atoms with Gasteiger partial charge in [-0.2, -0.15) is 22.0 Å². The number of alkyl halides is 5. The summed E-state index contributed by atoms with van der Waals surface area (Å²) >= 11 is 0. The fourth-order valence-corrected chi connectivity index (χ4v) is 4.21. The van der Waals surface area contributed by atoms with Gasteiger partial charge in [0.2, 0.25) is 17.6 Å². The van der Waals surface area contributed by atoms with Crippen molar-refractivity contribution in [1.29, 1.82) is 0 Å². The highest BCUT2D eigenvalue weighted by molar-refractivity contribution is 6.05. The maximum absolute atomic E-state index is 14.9. The summed E-state index contributed by atoms with van der Waals surface area (Å²) in [5.41, 5.74) is -0.292. The molecule has 4 rings (SSSR count). The number of rotatable bonds is 8. The Morgan fingerprint density at radius 3 is 2.53 bits per heavy atom. The Labute approximate surface area is 213 Å². The number of nitrogens with one attached hydrogen (secondary N) is 1. The van der Waals surface area contributed by atoms with Crippen molar-refractivity contribution < 1.29 is 51.6 Å². The normalized spacial score (nSPS) is 20.2. The van der Waals surface area contributed by atoms with E-state index in [1.54, 1.807) is 0 Å². The molecule has 1 atom stereocenters. The van der Waals surface area contributed by atoms with Gasteiger partial charge < -0.3 is 9.64 Å². The monoisotopic (exact) mass is 543 g/mol. The molecule has 1 N–H and O–H groups in total. The van der Waals surface area contributed by atoms with E-state index in [1.807, 2.05) is 5.32 Å². The molecule has 3 amide bonds. The zero-order valence-corrected chi connectivity index (χ0v) is 19.5. The van der Waals surface area contributed by atoms with Crippen LogP contribution in [0, 0.1) is 5.82 Å². The van der Waals surface area contributed by atoms with Crippen LogP contribution in [0.25, 0.3) is 0 Å². The zero-order valence-electron chi connectivity index (χ0n) is 20.5. The molecule has 38 heavy (non-hydrogen) atoms. The highest BCUT2D eigenvalue weighted by Crippen LogP contribution is 2.38. The molecule has 1 fully saturated rings. The molecule has 2 aliphatic heterocycles. The largest absolute Gasteiger partial charge is 0.483 e. The number of ether oxygens (including phenoxy) is 1. The van der Waals surface area contributed by atoms with E-state index < -0.39 is 71.8 Å². The number of Topliss-reactive ketones (excluding diaryl/α,β-unsaturated/α-hetero) is 1. The summed E-state index contributed by atoms with van der Waals surface area (Å²) in [6.07, 6.45) is -6.21. The lowest BCUT2D eigenvalue weighted by atomic mass is 9.97. The third kappa shape index (κ3) is 5.65. The first-order valence-electron chi connectivity index (χ1n) is 11.8. The number of benzene rings is 2. The number of nitrogens with zero attached hydrogens (tertiary/aromatic N) is 1. The molecule has 0 aliphatic carbocycles.